The molecule has 2 aromatic carbocycles. The lowest BCUT2D eigenvalue weighted by Gasteiger charge is -2.21. The van der Waals surface area contributed by atoms with Gasteiger partial charge in [-0.15, -0.1) is 0 Å². The minimum Gasteiger partial charge on any atom is -0.462 e. The Balaban J connectivity index is 1.85. The quantitative estimate of drug-likeness (QED) is 0.491. The van der Waals surface area contributed by atoms with Crippen molar-refractivity contribution in [3.63, 3.8) is 0 Å². The number of rotatable bonds is 2. The normalized spacial score (nSPS) is 13.7. The molecule has 4 rings (SSSR count). The van der Waals surface area contributed by atoms with Crippen LogP contribution in [0.1, 0.15) is 54.5 Å². The first-order valence-corrected chi connectivity index (χ1v) is 9.34. The molecule has 0 fully saturated rings. The summed E-state index contributed by atoms with van der Waals surface area (Å²) in [6, 6.07) is 17.6. The van der Waals surface area contributed by atoms with Gasteiger partial charge in [0.1, 0.15) is 11.5 Å². The Labute approximate surface area is 156 Å². The zero-order chi connectivity index (χ0) is 18.5. The van der Waals surface area contributed by atoms with E-state index in [9.17, 15) is 0 Å². The van der Waals surface area contributed by atoms with Crippen molar-refractivity contribution < 1.29 is 4.42 Å². The summed E-state index contributed by atoms with van der Waals surface area (Å²) in [6.07, 6.45) is 3.26. The maximum Gasteiger partial charge on any atom is 0.130 e. The molecule has 0 spiro atoms. The molecule has 0 amide bonds. The van der Waals surface area contributed by atoms with Gasteiger partial charge >= 0.3 is 0 Å². The van der Waals surface area contributed by atoms with Gasteiger partial charge in [-0.3, -0.25) is 0 Å². The smallest absolute Gasteiger partial charge is 0.130 e. The molecule has 1 aromatic heterocycles. The van der Waals surface area contributed by atoms with Crippen molar-refractivity contribution in [2.24, 2.45) is 0 Å². The van der Waals surface area contributed by atoms with Crippen molar-refractivity contribution in [3.05, 3.63) is 82.3 Å². The molecule has 0 saturated heterocycles. The summed E-state index contributed by atoms with van der Waals surface area (Å²) < 4.78 is 5.87. The molecule has 1 aliphatic rings. The summed E-state index contributed by atoms with van der Waals surface area (Å²) >= 11 is 0. The highest BCUT2D eigenvalue weighted by molar-refractivity contribution is 5.93. The van der Waals surface area contributed by atoms with Crippen molar-refractivity contribution in [1.29, 1.82) is 0 Å². The van der Waals surface area contributed by atoms with E-state index in [0.29, 0.717) is 0 Å². The van der Waals surface area contributed by atoms with Crippen LogP contribution in [0.3, 0.4) is 0 Å². The maximum absolute atomic E-state index is 5.87. The first-order chi connectivity index (χ1) is 12.3. The van der Waals surface area contributed by atoms with Crippen LogP contribution in [-0.2, 0) is 11.8 Å². The highest BCUT2D eigenvalue weighted by atomic mass is 16.3. The summed E-state index contributed by atoms with van der Waals surface area (Å²) in [4.78, 5) is 0. The molecule has 0 radical (unpaired) electrons. The molecule has 0 aliphatic heterocycles. The number of furan rings is 1. The van der Waals surface area contributed by atoms with Crippen LogP contribution < -0.4 is 0 Å². The van der Waals surface area contributed by atoms with Crippen LogP contribution >= 0.6 is 0 Å². The molecule has 3 aromatic rings. The standard InChI is InChI=1S/C25H26O/c1-16-9-11-18-13-20(23-12-10-17(2)26-23)15-22(18)24(16)19-7-6-8-21(14-19)25(3,4)5/h6-12,14-15H,13H2,1-5H3. The van der Waals surface area contributed by atoms with E-state index >= 15 is 0 Å². The van der Waals surface area contributed by atoms with Crippen molar-refractivity contribution in [2.45, 2.75) is 46.5 Å². The van der Waals surface area contributed by atoms with Crippen molar-refractivity contribution in [2.75, 3.05) is 0 Å². The van der Waals surface area contributed by atoms with E-state index in [1.165, 1.54) is 39.0 Å². The average molecular weight is 342 g/mol. The van der Waals surface area contributed by atoms with Crippen LogP contribution in [0, 0.1) is 13.8 Å². The lowest BCUT2D eigenvalue weighted by molar-refractivity contribution is 0.521. The topological polar surface area (TPSA) is 13.1 Å². The Morgan fingerprint density at radius 1 is 0.923 bits per heavy atom. The predicted octanol–water partition coefficient (Wildman–Crippen LogP) is 6.96. The minimum absolute atomic E-state index is 0.147. The third-order valence-corrected chi connectivity index (χ3v) is 5.32. The zero-order valence-corrected chi connectivity index (χ0v) is 16.3. The molecule has 0 bridgehead atoms. The SMILES string of the molecule is Cc1ccc(C2=Cc3c(ccc(C)c3-c3cccc(C(C)(C)C)c3)C2)o1. The number of aryl methyl sites for hydroxylation is 2. The molecule has 1 heteroatoms. The molecule has 1 aliphatic carbocycles. The molecule has 1 nitrogen and oxygen atoms in total. The van der Waals surface area contributed by atoms with E-state index in [4.69, 9.17) is 4.42 Å². The fraction of sp³-hybridized carbons (Fsp3) is 0.280. The van der Waals surface area contributed by atoms with E-state index in [-0.39, 0.29) is 5.41 Å². The van der Waals surface area contributed by atoms with Crippen LogP contribution in [0.5, 0.6) is 0 Å². The Bertz CT molecular complexity index is 1010. The highest BCUT2D eigenvalue weighted by Gasteiger charge is 2.22. The van der Waals surface area contributed by atoms with Gasteiger partial charge in [0, 0.05) is 6.42 Å². The summed E-state index contributed by atoms with van der Waals surface area (Å²) in [5.41, 5.74) is 9.50. The number of allylic oxidation sites excluding steroid dienone is 1. The van der Waals surface area contributed by atoms with Crippen LogP contribution in [0.15, 0.2) is 52.9 Å². The third kappa shape index (κ3) is 2.92. The molecular formula is C25H26O. The van der Waals surface area contributed by atoms with Crippen molar-refractivity contribution >= 4 is 11.6 Å². The van der Waals surface area contributed by atoms with E-state index < -0.39 is 0 Å². The van der Waals surface area contributed by atoms with E-state index in [1.54, 1.807) is 0 Å². The number of benzene rings is 2. The summed E-state index contributed by atoms with van der Waals surface area (Å²) in [5, 5.41) is 0. The molecule has 26 heavy (non-hydrogen) atoms. The monoisotopic (exact) mass is 342 g/mol. The van der Waals surface area contributed by atoms with Gasteiger partial charge in [-0.05, 0) is 76.4 Å². The van der Waals surface area contributed by atoms with Gasteiger partial charge in [-0.25, -0.2) is 0 Å². The van der Waals surface area contributed by atoms with Crippen LogP contribution in [0.2, 0.25) is 0 Å². The average Bonchev–Trinajstić information content (AvgIpc) is 3.20. The lowest BCUT2D eigenvalue weighted by Crippen LogP contribution is -2.10. The second kappa shape index (κ2) is 6.02. The Morgan fingerprint density at radius 3 is 2.42 bits per heavy atom. The molecule has 0 atom stereocenters. The molecular weight excluding hydrogens is 316 g/mol. The Hall–Kier alpha value is -2.54. The lowest BCUT2D eigenvalue weighted by atomic mass is 9.84. The maximum atomic E-state index is 5.87. The Kier molecular flexibility index (Phi) is 3.91. The van der Waals surface area contributed by atoms with Crippen LogP contribution in [0.25, 0.3) is 22.8 Å². The Morgan fingerprint density at radius 2 is 1.73 bits per heavy atom. The second-order valence-corrected chi connectivity index (χ2v) is 8.42. The van der Waals surface area contributed by atoms with Gasteiger partial charge in [0.25, 0.3) is 0 Å². The van der Waals surface area contributed by atoms with Crippen molar-refractivity contribution in [1.82, 2.24) is 0 Å². The first-order valence-electron chi connectivity index (χ1n) is 9.34. The van der Waals surface area contributed by atoms with Crippen LogP contribution in [0.4, 0.5) is 0 Å². The van der Waals surface area contributed by atoms with Crippen molar-refractivity contribution in [3.8, 4) is 11.1 Å². The fourth-order valence-electron chi connectivity index (χ4n) is 3.81. The minimum atomic E-state index is 0.147. The van der Waals surface area contributed by atoms with Crippen LogP contribution in [-0.4, -0.2) is 0 Å². The van der Waals surface area contributed by atoms with Gasteiger partial charge in [0.2, 0.25) is 0 Å². The largest absolute Gasteiger partial charge is 0.462 e. The summed E-state index contributed by atoms with van der Waals surface area (Å²) in [6.45, 7) is 11.0. The molecule has 0 saturated carbocycles. The number of hydrogen-bond donors (Lipinski definition) is 0. The molecule has 132 valence electrons. The zero-order valence-electron chi connectivity index (χ0n) is 16.3. The van der Waals surface area contributed by atoms with Gasteiger partial charge in [-0.1, -0.05) is 57.2 Å². The third-order valence-electron chi connectivity index (χ3n) is 5.32. The van der Waals surface area contributed by atoms with Gasteiger partial charge in [0.15, 0.2) is 0 Å². The number of fused-ring (bicyclic) bond motifs is 1. The summed E-state index contributed by atoms with van der Waals surface area (Å²) in [7, 11) is 0. The van der Waals surface area contributed by atoms with Gasteiger partial charge in [0.05, 0.1) is 0 Å². The molecule has 1 heterocycles. The summed E-state index contributed by atoms with van der Waals surface area (Å²) in [5.74, 6) is 1.96. The second-order valence-electron chi connectivity index (χ2n) is 8.42. The predicted molar refractivity (Wildman–Crippen MR) is 110 cm³/mol. The highest BCUT2D eigenvalue weighted by Crippen LogP contribution is 2.40. The van der Waals surface area contributed by atoms with E-state index in [2.05, 4.69) is 76.2 Å². The number of hydrogen-bond acceptors (Lipinski definition) is 1. The van der Waals surface area contributed by atoms with Gasteiger partial charge < -0.3 is 4.42 Å². The molecule has 0 N–H and O–H groups in total. The van der Waals surface area contributed by atoms with E-state index in [0.717, 1.165) is 17.9 Å². The van der Waals surface area contributed by atoms with E-state index in [1.807, 2.05) is 13.0 Å². The fourth-order valence-corrected chi connectivity index (χ4v) is 3.81. The van der Waals surface area contributed by atoms with Gasteiger partial charge in [-0.2, -0.15) is 0 Å². The molecule has 0 unspecified atom stereocenters. The first kappa shape index (κ1) is 16.9.